The average Bonchev–Trinajstić information content (AvgIpc) is 2.44. The third-order valence-electron chi connectivity index (χ3n) is 3.41. The van der Waals surface area contributed by atoms with E-state index in [1.165, 1.54) is 6.07 Å². The molecule has 1 aliphatic heterocycles. The second-order valence-electron chi connectivity index (χ2n) is 4.62. The van der Waals surface area contributed by atoms with E-state index in [4.69, 9.17) is 0 Å². The molecule has 1 heterocycles. The zero-order valence-corrected chi connectivity index (χ0v) is 13.2. The molecule has 1 fully saturated rings. The molecule has 0 aromatic heterocycles. The first-order valence-corrected chi connectivity index (χ1v) is 6.25. The smallest absolute Gasteiger partial charge is 0.314 e. The Kier molecular flexibility index (Phi) is 8.39. The van der Waals surface area contributed by atoms with Crippen molar-refractivity contribution in [3.63, 3.8) is 0 Å². The molecule has 10 heteroatoms. The molecular weight excluding hydrogens is 340 g/mol. The molecule has 1 saturated heterocycles. The maximum absolute atomic E-state index is 13.3. The number of nitro groups is 1. The van der Waals surface area contributed by atoms with Gasteiger partial charge in [-0.05, 0) is 11.6 Å². The normalized spacial score (nSPS) is 16.2. The number of nitrogens with zero attached hydrogens (tertiary/aromatic N) is 2. The highest BCUT2D eigenvalue weighted by atomic mass is 35.5. The quantitative estimate of drug-likeness (QED) is 0.431. The number of alkyl halides is 1. The molecule has 126 valence electrons. The van der Waals surface area contributed by atoms with Gasteiger partial charge in [-0.3, -0.25) is 15.0 Å². The number of benzene rings is 1. The number of piperazine rings is 1. The van der Waals surface area contributed by atoms with E-state index in [0.717, 1.165) is 6.07 Å². The first kappa shape index (κ1) is 20.6. The molecule has 1 atom stereocenters. The topological polar surface area (TPSA) is 98.9 Å². The molecule has 7 nitrogen and oxygen atoms in total. The highest BCUT2D eigenvalue weighted by Crippen LogP contribution is 2.38. The van der Waals surface area contributed by atoms with Crippen LogP contribution in [-0.2, 0) is 0 Å². The molecule has 1 aliphatic rings. The lowest BCUT2D eigenvalue weighted by molar-refractivity contribution is -0.386. The number of hydrogen-bond donors (Lipinski definition) is 3. The van der Waals surface area contributed by atoms with Crippen molar-refractivity contribution in [2.45, 2.75) is 6.04 Å². The third kappa shape index (κ3) is 4.33. The van der Waals surface area contributed by atoms with Crippen LogP contribution in [0.2, 0.25) is 0 Å². The van der Waals surface area contributed by atoms with E-state index in [-0.39, 0.29) is 30.4 Å². The Morgan fingerprint density at radius 3 is 2.41 bits per heavy atom. The van der Waals surface area contributed by atoms with Gasteiger partial charge in [-0.25, -0.2) is 4.39 Å². The second kappa shape index (κ2) is 8.94. The molecule has 0 radical (unpaired) electrons. The van der Waals surface area contributed by atoms with Gasteiger partial charge in [0.25, 0.3) is 0 Å². The van der Waals surface area contributed by atoms with Crippen LogP contribution in [0.15, 0.2) is 12.1 Å². The highest BCUT2D eigenvalue weighted by molar-refractivity contribution is 5.85. The Morgan fingerprint density at radius 2 is 1.91 bits per heavy atom. The van der Waals surface area contributed by atoms with Gasteiger partial charge < -0.3 is 15.5 Å². The molecule has 1 aromatic rings. The van der Waals surface area contributed by atoms with Crippen LogP contribution in [0.25, 0.3) is 0 Å². The summed E-state index contributed by atoms with van der Waals surface area (Å²) in [4.78, 5) is 11.9. The summed E-state index contributed by atoms with van der Waals surface area (Å²) >= 11 is 0. The molecule has 22 heavy (non-hydrogen) atoms. The number of aromatic hydroxyl groups is 2. The maximum atomic E-state index is 13.3. The minimum Gasteiger partial charge on any atom is -0.504 e. The Bertz CT molecular complexity index is 515. The molecule has 0 spiro atoms. The highest BCUT2D eigenvalue weighted by Gasteiger charge is 2.27. The molecule has 2 rings (SSSR count). The summed E-state index contributed by atoms with van der Waals surface area (Å²) in [5, 5.41) is 33.0. The lowest BCUT2D eigenvalue weighted by Crippen LogP contribution is -2.45. The summed E-state index contributed by atoms with van der Waals surface area (Å²) in [5.74, 6) is -1.40. The number of hydrogen-bond acceptors (Lipinski definition) is 6. The molecule has 1 aromatic carbocycles. The van der Waals surface area contributed by atoms with Gasteiger partial charge in [0, 0.05) is 32.2 Å². The lowest BCUT2D eigenvalue weighted by Gasteiger charge is -2.33. The zero-order valence-electron chi connectivity index (χ0n) is 11.6. The Labute approximate surface area is 139 Å². The number of nitrogens with one attached hydrogen (secondary N) is 1. The summed E-state index contributed by atoms with van der Waals surface area (Å²) in [7, 11) is 0. The van der Waals surface area contributed by atoms with Crippen molar-refractivity contribution in [1.29, 1.82) is 0 Å². The predicted octanol–water partition coefficient (Wildman–Crippen LogP) is 1.77. The minimum atomic E-state index is -0.800. The van der Waals surface area contributed by atoms with E-state index in [0.29, 0.717) is 26.2 Å². The molecular formula is C12H18Cl2FN3O4. The van der Waals surface area contributed by atoms with Crippen LogP contribution in [0, 0.1) is 10.1 Å². The molecule has 3 N–H and O–H groups in total. The van der Waals surface area contributed by atoms with Gasteiger partial charge in [0.05, 0.1) is 11.0 Å². The fourth-order valence-corrected chi connectivity index (χ4v) is 2.35. The zero-order chi connectivity index (χ0) is 14.7. The average molecular weight is 358 g/mol. The van der Waals surface area contributed by atoms with Crippen LogP contribution in [0.1, 0.15) is 11.6 Å². The van der Waals surface area contributed by atoms with Crippen molar-refractivity contribution in [3.05, 3.63) is 27.8 Å². The van der Waals surface area contributed by atoms with Crippen molar-refractivity contribution < 1.29 is 19.5 Å². The standard InChI is InChI=1S/C12H16FN3O4.2ClH/c13-7-10(15-3-1-14-2-4-15)8-5-9(16(19)20)12(18)11(17)6-8;;/h5-6,10,14,17-18H,1-4,7H2;2*1H/t10-;;/m1../s1. The summed E-state index contributed by atoms with van der Waals surface area (Å²) in [6.07, 6.45) is 0. The van der Waals surface area contributed by atoms with Crippen molar-refractivity contribution in [3.8, 4) is 11.5 Å². The van der Waals surface area contributed by atoms with E-state index in [1.54, 1.807) is 0 Å². The van der Waals surface area contributed by atoms with Gasteiger partial charge in [-0.1, -0.05) is 0 Å². The number of halogens is 3. The summed E-state index contributed by atoms with van der Waals surface area (Å²) in [6, 6.07) is 1.62. The van der Waals surface area contributed by atoms with Gasteiger partial charge in [-0.15, -0.1) is 24.8 Å². The molecule has 0 bridgehead atoms. The largest absolute Gasteiger partial charge is 0.504 e. The van der Waals surface area contributed by atoms with Gasteiger partial charge in [0.2, 0.25) is 5.75 Å². The van der Waals surface area contributed by atoms with Crippen LogP contribution in [0.4, 0.5) is 10.1 Å². The van der Waals surface area contributed by atoms with Gasteiger partial charge in [-0.2, -0.15) is 0 Å². The first-order valence-electron chi connectivity index (χ1n) is 6.25. The van der Waals surface area contributed by atoms with Gasteiger partial charge in [0.15, 0.2) is 5.75 Å². The van der Waals surface area contributed by atoms with Crippen LogP contribution >= 0.6 is 24.8 Å². The Hall–Kier alpha value is -1.35. The van der Waals surface area contributed by atoms with Crippen molar-refractivity contribution in [1.82, 2.24) is 10.2 Å². The fraction of sp³-hybridized carbons (Fsp3) is 0.500. The second-order valence-corrected chi connectivity index (χ2v) is 4.62. The number of phenols is 2. The van der Waals surface area contributed by atoms with E-state index in [9.17, 15) is 24.7 Å². The Balaban J connectivity index is 0.00000220. The van der Waals surface area contributed by atoms with Crippen LogP contribution < -0.4 is 5.32 Å². The van der Waals surface area contributed by atoms with E-state index < -0.39 is 34.8 Å². The third-order valence-corrected chi connectivity index (χ3v) is 3.41. The van der Waals surface area contributed by atoms with E-state index in [2.05, 4.69) is 5.32 Å². The molecule has 0 saturated carbocycles. The summed E-state index contributed by atoms with van der Waals surface area (Å²) in [6.45, 7) is 1.93. The van der Waals surface area contributed by atoms with Crippen molar-refractivity contribution >= 4 is 30.5 Å². The van der Waals surface area contributed by atoms with Gasteiger partial charge in [0.1, 0.15) is 6.67 Å². The number of phenolic OH excluding ortho intramolecular Hbond substituents is 2. The predicted molar refractivity (Wildman–Crippen MR) is 84.1 cm³/mol. The van der Waals surface area contributed by atoms with Crippen LogP contribution in [0.5, 0.6) is 11.5 Å². The fourth-order valence-electron chi connectivity index (χ4n) is 2.35. The summed E-state index contributed by atoms with van der Waals surface area (Å²) < 4.78 is 13.3. The SMILES string of the molecule is Cl.Cl.O=[N+]([O-])c1cc([C@@H](CF)N2CCNCC2)cc(O)c1O. The van der Waals surface area contributed by atoms with Crippen molar-refractivity contribution in [2.24, 2.45) is 0 Å². The number of nitro benzene ring substituents is 1. The Morgan fingerprint density at radius 1 is 1.32 bits per heavy atom. The van der Waals surface area contributed by atoms with Crippen LogP contribution in [-0.4, -0.2) is 52.9 Å². The van der Waals surface area contributed by atoms with E-state index >= 15 is 0 Å². The maximum Gasteiger partial charge on any atom is 0.314 e. The number of rotatable bonds is 4. The van der Waals surface area contributed by atoms with Gasteiger partial charge >= 0.3 is 5.69 Å². The minimum absolute atomic E-state index is 0. The molecule has 0 amide bonds. The first-order chi connectivity index (χ1) is 9.54. The summed E-state index contributed by atoms with van der Waals surface area (Å²) in [5.41, 5.74) is -0.329. The lowest BCUT2D eigenvalue weighted by atomic mass is 10.0. The van der Waals surface area contributed by atoms with Crippen LogP contribution in [0.3, 0.4) is 0 Å². The molecule has 0 aliphatic carbocycles. The molecule has 0 unspecified atom stereocenters. The monoisotopic (exact) mass is 357 g/mol. The van der Waals surface area contributed by atoms with E-state index in [1.807, 2.05) is 4.90 Å². The van der Waals surface area contributed by atoms with Crippen molar-refractivity contribution in [2.75, 3.05) is 32.9 Å².